The van der Waals surface area contributed by atoms with Gasteiger partial charge in [0.1, 0.15) is 5.75 Å². The molecule has 0 fully saturated rings. The van der Waals surface area contributed by atoms with E-state index in [1.54, 1.807) is 12.1 Å². The molecule has 2 N–H and O–H groups in total. The van der Waals surface area contributed by atoms with Crippen molar-refractivity contribution in [2.24, 2.45) is 0 Å². The quantitative estimate of drug-likeness (QED) is 0.801. The number of amides is 2. The molecular weight excluding hydrogens is 363 g/mol. The van der Waals surface area contributed by atoms with Crippen LogP contribution < -0.4 is 15.4 Å². The van der Waals surface area contributed by atoms with Crippen LogP contribution in [0.5, 0.6) is 5.75 Å². The third-order valence-corrected chi connectivity index (χ3v) is 3.73. The number of anilines is 1. The molecule has 0 heterocycles. The zero-order valence-corrected chi connectivity index (χ0v) is 15.4. The second-order valence-corrected chi connectivity index (χ2v) is 6.41. The van der Waals surface area contributed by atoms with Crippen LogP contribution in [-0.2, 0) is 9.59 Å². The largest absolute Gasteiger partial charge is 0.482 e. The van der Waals surface area contributed by atoms with E-state index in [1.165, 1.54) is 6.07 Å². The molecule has 5 nitrogen and oxygen atoms in total. The second-order valence-electron chi connectivity index (χ2n) is 5.56. The van der Waals surface area contributed by atoms with Gasteiger partial charge < -0.3 is 15.4 Å². The van der Waals surface area contributed by atoms with Crippen molar-refractivity contribution in [2.75, 3.05) is 18.5 Å². The van der Waals surface area contributed by atoms with Crippen molar-refractivity contribution >= 4 is 40.7 Å². The highest BCUT2D eigenvalue weighted by Gasteiger charge is 2.09. The van der Waals surface area contributed by atoms with Gasteiger partial charge in [-0.05, 0) is 55.3 Å². The van der Waals surface area contributed by atoms with E-state index < -0.39 is 5.91 Å². The molecule has 0 saturated heterocycles. The molecule has 0 spiro atoms. The molecule has 2 aromatic rings. The van der Waals surface area contributed by atoms with E-state index in [0.717, 1.165) is 11.1 Å². The molecule has 0 bridgehead atoms. The van der Waals surface area contributed by atoms with Crippen LogP contribution in [0.3, 0.4) is 0 Å². The van der Waals surface area contributed by atoms with Crippen molar-refractivity contribution in [3.63, 3.8) is 0 Å². The van der Waals surface area contributed by atoms with E-state index in [2.05, 4.69) is 10.6 Å². The highest BCUT2D eigenvalue weighted by atomic mass is 35.5. The summed E-state index contributed by atoms with van der Waals surface area (Å²) in [6.07, 6.45) is 0. The fraction of sp³-hybridized carbons (Fsp3) is 0.222. The number of carbonyl (C=O) groups excluding carboxylic acids is 2. The molecule has 7 heteroatoms. The Hall–Kier alpha value is -2.24. The van der Waals surface area contributed by atoms with Gasteiger partial charge >= 0.3 is 0 Å². The standard InChI is InChI=1S/C18H18Cl2N2O3/c1-11-5-12(2)7-14(6-11)22-17(23)9-21-18(24)10-25-16-4-3-13(19)8-15(16)20/h3-8H,9-10H2,1-2H3,(H,21,24)(H,22,23). The zero-order chi connectivity index (χ0) is 18.4. The Morgan fingerprint density at radius 2 is 1.68 bits per heavy atom. The van der Waals surface area contributed by atoms with E-state index in [-0.39, 0.29) is 19.1 Å². The summed E-state index contributed by atoms with van der Waals surface area (Å²) < 4.78 is 5.30. The monoisotopic (exact) mass is 380 g/mol. The summed E-state index contributed by atoms with van der Waals surface area (Å²) in [6, 6.07) is 10.4. The fourth-order valence-electron chi connectivity index (χ4n) is 2.22. The maximum Gasteiger partial charge on any atom is 0.258 e. The van der Waals surface area contributed by atoms with Crippen LogP contribution in [0.2, 0.25) is 10.0 Å². The van der Waals surface area contributed by atoms with Gasteiger partial charge in [-0.25, -0.2) is 0 Å². The first-order valence-corrected chi connectivity index (χ1v) is 8.32. The maximum absolute atomic E-state index is 11.9. The number of ether oxygens (including phenoxy) is 1. The van der Waals surface area contributed by atoms with Crippen molar-refractivity contribution in [1.29, 1.82) is 0 Å². The lowest BCUT2D eigenvalue weighted by atomic mass is 10.1. The van der Waals surface area contributed by atoms with Crippen molar-refractivity contribution in [3.05, 3.63) is 57.6 Å². The van der Waals surface area contributed by atoms with Gasteiger partial charge in [0, 0.05) is 10.7 Å². The minimum atomic E-state index is -0.429. The lowest BCUT2D eigenvalue weighted by Crippen LogP contribution is -2.35. The molecular formula is C18H18Cl2N2O3. The fourth-order valence-corrected chi connectivity index (χ4v) is 2.68. The third kappa shape index (κ3) is 6.29. The highest BCUT2D eigenvalue weighted by molar-refractivity contribution is 6.35. The number of hydrogen-bond donors (Lipinski definition) is 2. The summed E-state index contributed by atoms with van der Waals surface area (Å²) >= 11 is 11.7. The first-order chi connectivity index (χ1) is 11.8. The van der Waals surface area contributed by atoms with Gasteiger partial charge in [-0.2, -0.15) is 0 Å². The molecule has 0 aromatic heterocycles. The molecule has 132 valence electrons. The van der Waals surface area contributed by atoms with Gasteiger partial charge in [0.2, 0.25) is 5.91 Å². The Bertz CT molecular complexity index is 774. The molecule has 2 amide bonds. The topological polar surface area (TPSA) is 67.4 Å². The van der Waals surface area contributed by atoms with Crippen LogP contribution in [0.1, 0.15) is 11.1 Å². The van der Waals surface area contributed by atoms with E-state index in [0.29, 0.717) is 21.5 Å². The van der Waals surface area contributed by atoms with Gasteiger partial charge in [0.05, 0.1) is 11.6 Å². The number of halogens is 2. The van der Waals surface area contributed by atoms with Crippen LogP contribution in [0, 0.1) is 13.8 Å². The molecule has 0 aliphatic rings. The van der Waals surface area contributed by atoms with Gasteiger partial charge in [-0.15, -0.1) is 0 Å². The number of hydrogen-bond acceptors (Lipinski definition) is 3. The average molecular weight is 381 g/mol. The van der Waals surface area contributed by atoms with Gasteiger partial charge in [0.25, 0.3) is 5.91 Å². The Labute approximate surface area is 156 Å². The van der Waals surface area contributed by atoms with Crippen molar-refractivity contribution in [2.45, 2.75) is 13.8 Å². The van der Waals surface area contributed by atoms with Gasteiger partial charge in [-0.3, -0.25) is 9.59 Å². The lowest BCUT2D eigenvalue weighted by Gasteiger charge is -2.10. The summed E-state index contributed by atoms with van der Waals surface area (Å²) in [4.78, 5) is 23.7. The first kappa shape index (κ1) is 19.1. The predicted octanol–water partition coefficient (Wildman–Crippen LogP) is 3.74. The van der Waals surface area contributed by atoms with Crippen LogP contribution in [0.15, 0.2) is 36.4 Å². The normalized spacial score (nSPS) is 10.2. The van der Waals surface area contributed by atoms with Crippen molar-refractivity contribution in [1.82, 2.24) is 5.32 Å². The minimum Gasteiger partial charge on any atom is -0.482 e. The van der Waals surface area contributed by atoms with Crippen LogP contribution >= 0.6 is 23.2 Å². The number of nitrogens with one attached hydrogen (secondary N) is 2. The Morgan fingerprint density at radius 1 is 1.00 bits per heavy atom. The van der Waals surface area contributed by atoms with Gasteiger partial charge in [-0.1, -0.05) is 29.3 Å². The van der Waals surface area contributed by atoms with Crippen LogP contribution in [-0.4, -0.2) is 25.0 Å². The third-order valence-electron chi connectivity index (χ3n) is 3.20. The summed E-state index contributed by atoms with van der Waals surface area (Å²) in [5.74, 6) is -0.398. The SMILES string of the molecule is Cc1cc(C)cc(NC(=O)CNC(=O)COc2ccc(Cl)cc2Cl)c1. The summed E-state index contributed by atoms with van der Waals surface area (Å²) in [6.45, 7) is 3.50. The van der Waals surface area contributed by atoms with Crippen molar-refractivity contribution < 1.29 is 14.3 Å². The summed E-state index contributed by atoms with van der Waals surface area (Å²) in [7, 11) is 0. The van der Waals surface area contributed by atoms with Crippen molar-refractivity contribution in [3.8, 4) is 5.75 Å². The molecule has 25 heavy (non-hydrogen) atoms. The first-order valence-electron chi connectivity index (χ1n) is 7.56. The molecule has 0 aliphatic heterocycles. The lowest BCUT2D eigenvalue weighted by molar-refractivity contribution is -0.125. The Kier molecular flexibility index (Phi) is 6.67. The molecule has 0 aliphatic carbocycles. The van der Waals surface area contributed by atoms with E-state index in [9.17, 15) is 9.59 Å². The van der Waals surface area contributed by atoms with Gasteiger partial charge in [0.15, 0.2) is 6.61 Å². The van der Waals surface area contributed by atoms with E-state index >= 15 is 0 Å². The Balaban J connectivity index is 1.78. The number of carbonyl (C=O) groups is 2. The number of benzene rings is 2. The molecule has 0 unspecified atom stereocenters. The maximum atomic E-state index is 11.9. The molecule has 0 radical (unpaired) electrons. The molecule has 2 rings (SSSR count). The van der Waals surface area contributed by atoms with E-state index in [4.69, 9.17) is 27.9 Å². The molecule has 0 saturated carbocycles. The Morgan fingerprint density at radius 3 is 2.32 bits per heavy atom. The summed E-state index contributed by atoms with van der Waals surface area (Å²) in [5, 5.41) is 6.02. The minimum absolute atomic E-state index is 0.149. The molecule has 0 atom stereocenters. The second kappa shape index (κ2) is 8.74. The number of rotatable bonds is 6. The molecule has 2 aromatic carbocycles. The smallest absolute Gasteiger partial charge is 0.258 e. The van der Waals surface area contributed by atoms with Crippen LogP contribution in [0.4, 0.5) is 5.69 Å². The zero-order valence-electron chi connectivity index (χ0n) is 13.9. The predicted molar refractivity (Wildman–Crippen MR) is 99.5 cm³/mol. The van der Waals surface area contributed by atoms with E-state index in [1.807, 2.05) is 32.0 Å². The summed E-state index contributed by atoms with van der Waals surface area (Å²) in [5.41, 5.74) is 2.79. The van der Waals surface area contributed by atoms with Crippen LogP contribution in [0.25, 0.3) is 0 Å². The average Bonchev–Trinajstić information content (AvgIpc) is 2.51. The number of aryl methyl sites for hydroxylation is 2. The highest BCUT2D eigenvalue weighted by Crippen LogP contribution is 2.27.